The van der Waals surface area contributed by atoms with Crippen molar-refractivity contribution in [2.75, 3.05) is 19.8 Å². The number of ether oxygens (including phenoxy) is 8. The van der Waals surface area contributed by atoms with Crippen LogP contribution in [-0.2, 0) is 61.9 Å². The first-order chi connectivity index (χ1) is 21.6. The standard InChI is InChI=1S/C29H36O17/c1-14(31)39-11-20-24(41-15(2)32)26(43-17(4)34)23(37)28(44-20)46-29(13-30)27(38)25(42-16(3)33)21(45-29)12-40-22(36)10-7-18-5-8-19(35)9-6-18/h5-10,20-21,23-28,30,35,37-38H,11-13H2,1-4H3/b10-7+/t20-,21-,23-,24-,25-,26-,27+,28-,29+/m1/s1. The molecule has 17 heteroatoms. The van der Waals surface area contributed by atoms with Crippen molar-refractivity contribution in [1.82, 2.24) is 0 Å². The molecule has 0 aliphatic carbocycles. The summed E-state index contributed by atoms with van der Waals surface area (Å²) in [5.41, 5.74) is 0.564. The van der Waals surface area contributed by atoms with Crippen LogP contribution < -0.4 is 0 Å². The predicted molar refractivity (Wildman–Crippen MR) is 148 cm³/mol. The lowest BCUT2D eigenvalue weighted by molar-refractivity contribution is -0.383. The molecule has 1 aromatic carbocycles. The van der Waals surface area contributed by atoms with E-state index in [-0.39, 0.29) is 5.75 Å². The molecule has 1 aromatic rings. The summed E-state index contributed by atoms with van der Waals surface area (Å²) in [6, 6.07) is 5.90. The van der Waals surface area contributed by atoms with Crippen LogP contribution in [0.2, 0.25) is 0 Å². The first-order valence-corrected chi connectivity index (χ1v) is 13.9. The molecule has 2 fully saturated rings. The lowest BCUT2D eigenvalue weighted by atomic mass is 9.98. The van der Waals surface area contributed by atoms with Gasteiger partial charge in [-0.3, -0.25) is 19.2 Å². The van der Waals surface area contributed by atoms with Gasteiger partial charge in [0.1, 0.15) is 50.0 Å². The van der Waals surface area contributed by atoms with Gasteiger partial charge in [-0.2, -0.15) is 0 Å². The van der Waals surface area contributed by atoms with E-state index in [2.05, 4.69) is 0 Å². The van der Waals surface area contributed by atoms with Crippen molar-refractivity contribution in [2.45, 2.75) is 82.5 Å². The lowest BCUT2D eigenvalue weighted by Crippen LogP contribution is -2.64. The van der Waals surface area contributed by atoms with Gasteiger partial charge in [0.25, 0.3) is 0 Å². The summed E-state index contributed by atoms with van der Waals surface area (Å²) in [6.45, 7) is 1.85. The normalized spacial score (nSPS) is 30.8. The fourth-order valence-electron chi connectivity index (χ4n) is 4.72. The molecule has 0 radical (unpaired) electrons. The average Bonchev–Trinajstić information content (AvgIpc) is 3.23. The number of phenols is 1. The summed E-state index contributed by atoms with van der Waals surface area (Å²) < 4.78 is 42.9. The molecule has 2 saturated heterocycles. The van der Waals surface area contributed by atoms with Crippen LogP contribution in [0.5, 0.6) is 5.75 Å². The highest BCUT2D eigenvalue weighted by atomic mass is 16.8. The Hall–Kier alpha value is -4.13. The van der Waals surface area contributed by atoms with Crippen molar-refractivity contribution in [3.63, 3.8) is 0 Å². The third-order valence-corrected chi connectivity index (χ3v) is 6.68. The SMILES string of the molecule is CC(=O)OC[C@H]1O[C@H](O[C@]2(CO)O[C@H](COC(=O)/C=C/c3ccc(O)cc3)[C@@H](OC(C)=O)[C@@H]2O)[C@H](O)[C@@H](OC(C)=O)[C@@H]1OC(C)=O. The summed E-state index contributed by atoms with van der Waals surface area (Å²) in [5.74, 6) is -6.72. The molecular formula is C29H36O17. The van der Waals surface area contributed by atoms with Gasteiger partial charge >= 0.3 is 29.8 Å². The maximum absolute atomic E-state index is 12.4. The van der Waals surface area contributed by atoms with E-state index in [0.717, 1.165) is 33.8 Å². The summed E-state index contributed by atoms with van der Waals surface area (Å²) in [4.78, 5) is 59.5. The number of phenolic OH excluding ortho intramolecular Hbond substituents is 1. The number of aliphatic hydroxyl groups is 3. The predicted octanol–water partition coefficient (Wildman–Crippen LogP) is -1.14. The Kier molecular flexibility index (Phi) is 12.6. The molecule has 2 aliphatic heterocycles. The molecule has 0 bridgehead atoms. The topological polar surface area (TPSA) is 240 Å². The largest absolute Gasteiger partial charge is 0.508 e. The van der Waals surface area contributed by atoms with Crippen molar-refractivity contribution in [3.05, 3.63) is 35.9 Å². The van der Waals surface area contributed by atoms with E-state index in [1.165, 1.54) is 30.3 Å². The molecule has 9 atom stereocenters. The number of rotatable bonds is 12. The zero-order valence-electron chi connectivity index (χ0n) is 25.3. The third kappa shape index (κ3) is 9.44. The quantitative estimate of drug-likeness (QED) is 0.118. The molecule has 3 rings (SSSR count). The average molecular weight is 657 g/mol. The van der Waals surface area contributed by atoms with Crippen LogP contribution in [0.1, 0.15) is 33.3 Å². The Labute approximate surface area is 262 Å². The van der Waals surface area contributed by atoms with Crippen LogP contribution in [0.15, 0.2) is 30.3 Å². The van der Waals surface area contributed by atoms with Gasteiger partial charge in [-0.05, 0) is 23.8 Å². The molecule has 0 amide bonds. The van der Waals surface area contributed by atoms with Crippen LogP contribution in [0.3, 0.4) is 0 Å². The van der Waals surface area contributed by atoms with Gasteiger partial charge in [0.15, 0.2) is 24.6 Å². The molecule has 4 N–H and O–H groups in total. The Morgan fingerprint density at radius 1 is 0.804 bits per heavy atom. The Morgan fingerprint density at radius 3 is 1.93 bits per heavy atom. The Morgan fingerprint density at radius 2 is 1.37 bits per heavy atom. The second kappa shape index (κ2) is 15.9. The molecule has 2 aliphatic rings. The molecule has 0 saturated carbocycles. The minimum atomic E-state index is -2.49. The van der Waals surface area contributed by atoms with Crippen molar-refractivity contribution < 1.29 is 82.3 Å². The zero-order valence-corrected chi connectivity index (χ0v) is 25.3. The number of aliphatic hydroxyl groups excluding tert-OH is 3. The molecular weight excluding hydrogens is 620 g/mol. The number of hydrogen-bond donors (Lipinski definition) is 4. The van der Waals surface area contributed by atoms with Crippen LogP contribution in [0, 0.1) is 0 Å². The first-order valence-electron chi connectivity index (χ1n) is 13.9. The summed E-state index contributed by atoms with van der Waals surface area (Å²) in [6.07, 6.45) is -10.9. The fraction of sp³-hybridized carbons (Fsp3) is 0.552. The number of carbonyl (C=O) groups excluding carboxylic acids is 5. The number of hydrogen-bond acceptors (Lipinski definition) is 17. The van der Waals surface area contributed by atoms with Crippen LogP contribution in [-0.4, -0.2) is 125 Å². The smallest absolute Gasteiger partial charge is 0.330 e. The maximum atomic E-state index is 12.4. The molecule has 2 heterocycles. The number of aromatic hydroxyl groups is 1. The maximum Gasteiger partial charge on any atom is 0.330 e. The highest BCUT2D eigenvalue weighted by Crippen LogP contribution is 2.38. The minimum Gasteiger partial charge on any atom is -0.508 e. The summed E-state index contributed by atoms with van der Waals surface area (Å²) in [7, 11) is 0. The van der Waals surface area contributed by atoms with E-state index < -0.39 is 104 Å². The number of esters is 5. The Bertz CT molecular complexity index is 1280. The first kappa shape index (κ1) is 36.3. The van der Waals surface area contributed by atoms with Crippen LogP contribution in [0.4, 0.5) is 0 Å². The van der Waals surface area contributed by atoms with Crippen molar-refractivity contribution in [2.24, 2.45) is 0 Å². The van der Waals surface area contributed by atoms with E-state index in [4.69, 9.17) is 37.9 Å². The fourth-order valence-corrected chi connectivity index (χ4v) is 4.72. The Balaban J connectivity index is 1.84. The number of benzene rings is 1. The molecule has 46 heavy (non-hydrogen) atoms. The summed E-state index contributed by atoms with van der Waals surface area (Å²) in [5, 5.41) is 42.0. The van der Waals surface area contributed by atoms with E-state index in [0.29, 0.717) is 5.56 Å². The lowest BCUT2D eigenvalue weighted by Gasteiger charge is -2.45. The van der Waals surface area contributed by atoms with Gasteiger partial charge < -0.3 is 58.3 Å². The second-order valence-electron chi connectivity index (χ2n) is 10.3. The molecule has 0 spiro atoms. The molecule has 254 valence electrons. The van der Waals surface area contributed by atoms with Gasteiger partial charge in [-0.15, -0.1) is 0 Å². The van der Waals surface area contributed by atoms with E-state index in [9.17, 15) is 44.4 Å². The molecule has 0 aromatic heterocycles. The minimum absolute atomic E-state index is 0.0277. The van der Waals surface area contributed by atoms with E-state index >= 15 is 0 Å². The highest BCUT2D eigenvalue weighted by Gasteiger charge is 2.61. The van der Waals surface area contributed by atoms with Crippen molar-refractivity contribution >= 4 is 35.9 Å². The van der Waals surface area contributed by atoms with E-state index in [1.807, 2.05) is 0 Å². The van der Waals surface area contributed by atoms with Crippen LogP contribution in [0.25, 0.3) is 6.08 Å². The van der Waals surface area contributed by atoms with Crippen molar-refractivity contribution in [1.29, 1.82) is 0 Å². The third-order valence-electron chi connectivity index (χ3n) is 6.68. The van der Waals surface area contributed by atoms with E-state index in [1.54, 1.807) is 0 Å². The monoisotopic (exact) mass is 656 g/mol. The molecule has 17 nitrogen and oxygen atoms in total. The van der Waals surface area contributed by atoms with Crippen molar-refractivity contribution in [3.8, 4) is 5.75 Å². The van der Waals surface area contributed by atoms with Gasteiger partial charge in [0.2, 0.25) is 5.79 Å². The van der Waals surface area contributed by atoms with Gasteiger partial charge in [-0.1, -0.05) is 12.1 Å². The van der Waals surface area contributed by atoms with Gasteiger partial charge in [0.05, 0.1) is 0 Å². The summed E-state index contributed by atoms with van der Waals surface area (Å²) >= 11 is 0. The van der Waals surface area contributed by atoms with Gasteiger partial charge in [-0.25, -0.2) is 4.79 Å². The number of carbonyl (C=O) groups is 5. The molecule has 0 unspecified atom stereocenters. The second-order valence-corrected chi connectivity index (χ2v) is 10.3. The highest BCUT2D eigenvalue weighted by molar-refractivity contribution is 5.87. The van der Waals surface area contributed by atoms with Gasteiger partial charge in [0, 0.05) is 33.8 Å². The van der Waals surface area contributed by atoms with Crippen LogP contribution >= 0.6 is 0 Å². The zero-order chi connectivity index (χ0) is 34.2.